The molecule has 0 amide bonds. The molecule has 2 atom stereocenters. The average Bonchev–Trinajstić information content (AvgIpc) is 2.82. The SMILES string of the molecule is CC(C)(C)[S@](=O)N[C@H](c1cnc(N)s1)c1ccc(F)cc1Cl. The lowest BCUT2D eigenvalue weighted by Gasteiger charge is -2.24. The third kappa shape index (κ3) is 4.04. The molecular weight excluding hydrogens is 345 g/mol. The van der Waals surface area contributed by atoms with Crippen molar-refractivity contribution in [2.75, 3.05) is 5.73 Å². The third-order valence-electron chi connectivity index (χ3n) is 2.88. The first-order valence-electron chi connectivity index (χ1n) is 6.52. The number of nitrogens with one attached hydrogen (secondary N) is 1. The average molecular weight is 362 g/mol. The zero-order valence-corrected chi connectivity index (χ0v) is 14.8. The van der Waals surface area contributed by atoms with E-state index in [0.717, 1.165) is 4.88 Å². The second-order valence-electron chi connectivity index (χ2n) is 5.70. The van der Waals surface area contributed by atoms with E-state index in [1.54, 1.807) is 12.3 Å². The first-order valence-corrected chi connectivity index (χ1v) is 8.87. The number of nitrogen functional groups attached to an aromatic ring is 1. The maximum absolute atomic E-state index is 13.3. The topological polar surface area (TPSA) is 68.0 Å². The van der Waals surface area contributed by atoms with Crippen molar-refractivity contribution in [3.05, 3.63) is 45.7 Å². The molecule has 0 spiro atoms. The molecule has 8 heteroatoms. The van der Waals surface area contributed by atoms with Crippen LogP contribution in [0.15, 0.2) is 24.4 Å². The van der Waals surface area contributed by atoms with E-state index >= 15 is 0 Å². The van der Waals surface area contributed by atoms with Gasteiger partial charge in [-0.2, -0.15) is 0 Å². The molecule has 0 aliphatic carbocycles. The van der Waals surface area contributed by atoms with Gasteiger partial charge in [-0.05, 0) is 38.5 Å². The number of nitrogens with two attached hydrogens (primary N) is 1. The second kappa shape index (κ2) is 6.62. The van der Waals surface area contributed by atoms with E-state index < -0.39 is 27.6 Å². The minimum absolute atomic E-state index is 0.260. The predicted molar refractivity (Wildman–Crippen MR) is 90.8 cm³/mol. The van der Waals surface area contributed by atoms with Gasteiger partial charge in [-0.15, -0.1) is 11.3 Å². The molecule has 0 aliphatic heterocycles. The molecule has 0 saturated carbocycles. The van der Waals surface area contributed by atoms with E-state index in [9.17, 15) is 8.60 Å². The molecule has 0 saturated heterocycles. The summed E-state index contributed by atoms with van der Waals surface area (Å²) in [6.07, 6.45) is 1.61. The van der Waals surface area contributed by atoms with Crippen LogP contribution in [0.3, 0.4) is 0 Å². The Labute approximate surface area is 140 Å². The number of anilines is 1. The largest absolute Gasteiger partial charge is 0.375 e. The zero-order valence-electron chi connectivity index (χ0n) is 12.4. The number of hydrogen-bond donors (Lipinski definition) is 2. The molecule has 0 bridgehead atoms. The summed E-state index contributed by atoms with van der Waals surface area (Å²) in [4.78, 5) is 4.79. The molecule has 120 valence electrons. The maximum atomic E-state index is 13.3. The zero-order chi connectivity index (χ0) is 16.5. The van der Waals surface area contributed by atoms with Crippen LogP contribution in [-0.4, -0.2) is 13.9 Å². The van der Waals surface area contributed by atoms with Crippen molar-refractivity contribution in [3.8, 4) is 0 Å². The summed E-state index contributed by atoms with van der Waals surface area (Å²) in [6.45, 7) is 5.58. The molecule has 0 aliphatic rings. The van der Waals surface area contributed by atoms with Crippen molar-refractivity contribution in [1.29, 1.82) is 0 Å². The second-order valence-corrected chi connectivity index (χ2v) is 9.20. The molecular formula is C14H17ClFN3OS2. The van der Waals surface area contributed by atoms with Crippen LogP contribution < -0.4 is 10.5 Å². The number of nitrogens with zero attached hydrogens (tertiary/aromatic N) is 1. The lowest BCUT2D eigenvalue weighted by molar-refractivity contribution is 0.619. The number of thiazole rings is 1. The van der Waals surface area contributed by atoms with E-state index in [4.69, 9.17) is 17.3 Å². The normalized spacial score (nSPS) is 14.8. The van der Waals surface area contributed by atoms with E-state index in [0.29, 0.717) is 10.7 Å². The fraction of sp³-hybridized carbons (Fsp3) is 0.357. The quantitative estimate of drug-likeness (QED) is 0.873. The summed E-state index contributed by atoms with van der Waals surface area (Å²) in [5.41, 5.74) is 6.31. The minimum Gasteiger partial charge on any atom is -0.375 e. The fourth-order valence-electron chi connectivity index (χ4n) is 1.73. The van der Waals surface area contributed by atoms with Crippen molar-refractivity contribution in [3.63, 3.8) is 0 Å². The van der Waals surface area contributed by atoms with Crippen LogP contribution in [0.2, 0.25) is 5.02 Å². The molecule has 22 heavy (non-hydrogen) atoms. The Morgan fingerprint density at radius 2 is 2.14 bits per heavy atom. The van der Waals surface area contributed by atoms with E-state index in [2.05, 4.69) is 9.71 Å². The van der Waals surface area contributed by atoms with Gasteiger partial charge in [0.15, 0.2) is 5.13 Å². The summed E-state index contributed by atoms with van der Waals surface area (Å²) >= 11 is 7.43. The fourth-order valence-corrected chi connectivity index (χ4v) is 3.66. The highest BCUT2D eigenvalue weighted by molar-refractivity contribution is 7.84. The summed E-state index contributed by atoms with van der Waals surface area (Å²) in [5, 5.41) is 0.664. The first kappa shape index (κ1) is 17.3. The predicted octanol–water partition coefficient (Wildman–Crippen LogP) is 3.66. The van der Waals surface area contributed by atoms with Crippen LogP contribution in [0.25, 0.3) is 0 Å². The van der Waals surface area contributed by atoms with Gasteiger partial charge >= 0.3 is 0 Å². The molecule has 0 fully saturated rings. The van der Waals surface area contributed by atoms with Gasteiger partial charge in [-0.1, -0.05) is 17.7 Å². The molecule has 3 N–H and O–H groups in total. The van der Waals surface area contributed by atoms with Gasteiger partial charge in [0.25, 0.3) is 0 Å². The van der Waals surface area contributed by atoms with Gasteiger partial charge in [0.1, 0.15) is 5.82 Å². The number of hydrogen-bond acceptors (Lipinski definition) is 4. The van der Waals surface area contributed by atoms with Gasteiger partial charge in [0, 0.05) is 16.1 Å². The number of rotatable bonds is 4. The standard InChI is InChI=1S/C14H17ClFN3OS2/c1-14(2,3)22(20)19-12(11-7-18-13(17)21-11)9-5-4-8(16)6-10(9)15/h4-7,12,19H,1-3H3,(H2,17,18)/t12-,22-/m0/s1. The Kier molecular flexibility index (Phi) is 5.21. The Balaban J connectivity index is 2.44. The van der Waals surface area contributed by atoms with Crippen LogP contribution >= 0.6 is 22.9 Å². The molecule has 2 aromatic rings. The highest BCUT2D eigenvalue weighted by Crippen LogP contribution is 2.33. The Hall–Kier alpha value is -1.02. The highest BCUT2D eigenvalue weighted by Gasteiger charge is 2.27. The summed E-state index contributed by atoms with van der Waals surface area (Å²) in [5.74, 6) is -0.423. The molecule has 1 aromatic heterocycles. The van der Waals surface area contributed by atoms with Crippen molar-refractivity contribution in [2.45, 2.75) is 31.6 Å². The molecule has 0 unspecified atom stereocenters. The van der Waals surface area contributed by atoms with Gasteiger partial charge < -0.3 is 5.73 Å². The van der Waals surface area contributed by atoms with Gasteiger partial charge in [0.2, 0.25) is 0 Å². The maximum Gasteiger partial charge on any atom is 0.180 e. The van der Waals surface area contributed by atoms with Gasteiger partial charge in [-0.25, -0.2) is 18.3 Å². The van der Waals surface area contributed by atoms with Crippen LogP contribution in [-0.2, 0) is 11.0 Å². The summed E-state index contributed by atoms with van der Waals surface area (Å²) < 4.78 is 28.3. The van der Waals surface area contributed by atoms with Gasteiger partial charge in [0.05, 0.1) is 21.8 Å². The third-order valence-corrected chi connectivity index (χ3v) is 5.66. The van der Waals surface area contributed by atoms with Gasteiger partial charge in [-0.3, -0.25) is 0 Å². The number of aromatic nitrogens is 1. The van der Waals surface area contributed by atoms with Crippen molar-refractivity contribution in [1.82, 2.24) is 9.71 Å². The Bertz CT molecular complexity index is 700. The molecule has 1 aromatic carbocycles. The van der Waals surface area contributed by atoms with Crippen LogP contribution in [0, 0.1) is 5.82 Å². The lowest BCUT2D eigenvalue weighted by atomic mass is 10.1. The summed E-state index contributed by atoms with van der Waals surface area (Å²) in [7, 11) is -1.34. The van der Waals surface area contributed by atoms with Crippen molar-refractivity contribution < 1.29 is 8.60 Å². The molecule has 4 nitrogen and oxygen atoms in total. The van der Waals surface area contributed by atoms with Crippen molar-refractivity contribution in [2.24, 2.45) is 0 Å². The molecule has 0 radical (unpaired) electrons. The number of benzene rings is 1. The number of halogens is 2. The Morgan fingerprint density at radius 3 is 2.64 bits per heavy atom. The molecule has 1 heterocycles. The van der Waals surface area contributed by atoms with E-state index in [1.165, 1.54) is 23.5 Å². The summed E-state index contributed by atoms with van der Waals surface area (Å²) in [6, 6.07) is 3.66. The van der Waals surface area contributed by atoms with Crippen molar-refractivity contribution >= 4 is 39.1 Å². The molecule has 2 rings (SSSR count). The minimum atomic E-state index is -1.34. The van der Waals surface area contributed by atoms with E-state index in [-0.39, 0.29) is 5.02 Å². The first-order chi connectivity index (χ1) is 10.2. The monoisotopic (exact) mass is 361 g/mol. The van der Waals surface area contributed by atoms with Crippen LogP contribution in [0.4, 0.5) is 9.52 Å². The van der Waals surface area contributed by atoms with Crippen LogP contribution in [0.5, 0.6) is 0 Å². The smallest absolute Gasteiger partial charge is 0.180 e. The highest BCUT2D eigenvalue weighted by atomic mass is 35.5. The van der Waals surface area contributed by atoms with Crippen LogP contribution in [0.1, 0.15) is 37.3 Å². The Morgan fingerprint density at radius 1 is 1.45 bits per heavy atom. The lowest BCUT2D eigenvalue weighted by Crippen LogP contribution is -2.36. The van der Waals surface area contributed by atoms with E-state index in [1.807, 2.05) is 20.8 Å².